The molecule has 0 bridgehead atoms. The van der Waals surface area contributed by atoms with Crippen LogP contribution in [0.25, 0.3) is 0 Å². The molecule has 0 aromatic heterocycles. The van der Waals surface area contributed by atoms with Gasteiger partial charge in [-0.25, -0.2) is 0 Å². The predicted octanol–water partition coefficient (Wildman–Crippen LogP) is 1.22. The lowest BCUT2D eigenvalue weighted by atomic mass is 10.2. The monoisotopic (exact) mass is 327 g/mol. The van der Waals surface area contributed by atoms with Crippen molar-refractivity contribution in [1.82, 2.24) is 10.6 Å². The zero-order chi connectivity index (χ0) is 16.5. The molecule has 9 heteroatoms. The Labute approximate surface area is 132 Å². The molecule has 0 saturated heterocycles. The van der Waals surface area contributed by atoms with E-state index >= 15 is 0 Å². The lowest BCUT2D eigenvalue weighted by Gasteiger charge is -2.11. The van der Waals surface area contributed by atoms with Gasteiger partial charge in [-0.2, -0.15) is 0 Å². The maximum atomic E-state index is 10.9. The van der Waals surface area contributed by atoms with E-state index in [0.29, 0.717) is 23.6 Å². The van der Waals surface area contributed by atoms with Crippen molar-refractivity contribution < 1.29 is 19.6 Å². The van der Waals surface area contributed by atoms with Gasteiger partial charge in [0.05, 0.1) is 12.0 Å². The molecule has 3 N–H and O–H groups in total. The SMILES string of the molecule is COC(=O)CCCNC(=S)NCc1cc([N+](=O)[O-])ccc1O. The van der Waals surface area contributed by atoms with E-state index in [0.717, 1.165) is 0 Å². The summed E-state index contributed by atoms with van der Waals surface area (Å²) in [7, 11) is 1.33. The van der Waals surface area contributed by atoms with Crippen molar-refractivity contribution >= 4 is 29.0 Å². The summed E-state index contributed by atoms with van der Waals surface area (Å²) >= 11 is 5.03. The number of non-ortho nitro benzene ring substituents is 1. The van der Waals surface area contributed by atoms with E-state index in [9.17, 15) is 20.0 Å². The molecule has 120 valence electrons. The van der Waals surface area contributed by atoms with Crippen molar-refractivity contribution in [2.75, 3.05) is 13.7 Å². The molecule has 0 unspecified atom stereocenters. The van der Waals surface area contributed by atoms with E-state index in [1.807, 2.05) is 0 Å². The summed E-state index contributed by atoms with van der Waals surface area (Å²) in [5, 5.41) is 26.4. The molecule has 0 atom stereocenters. The average Bonchev–Trinajstić information content (AvgIpc) is 2.50. The third-order valence-corrected chi connectivity index (χ3v) is 3.07. The second-order valence-corrected chi connectivity index (χ2v) is 4.77. The Morgan fingerprint density at radius 2 is 2.18 bits per heavy atom. The van der Waals surface area contributed by atoms with E-state index in [1.54, 1.807) is 0 Å². The lowest BCUT2D eigenvalue weighted by molar-refractivity contribution is -0.384. The van der Waals surface area contributed by atoms with Gasteiger partial charge in [-0.15, -0.1) is 0 Å². The summed E-state index contributed by atoms with van der Waals surface area (Å²) in [6.07, 6.45) is 0.855. The molecule has 22 heavy (non-hydrogen) atoms. The molecule has 0 amide bonds. The van der Waals surface area contributed by atoms with E-state index in [1.165, 1.54) is 25.3 Å². The van der Waals surface area contributed by atoms with Crippen LogP contribution in [0.15, 0.2) is 18.2 Å². The highest BCUT2D eigenvalue weighted by Crippen LogP contribution is 2.22. The van der Waals surface area contributed by atoms with E-state index in [2.05, 4.69) is 15.4 Å². The maximum absolute atomic E-state index is 10.9. The standard InChI is InChI=1S/C13H17N3O5S/c1-21-12(18)3-2-6-14-13(22)15-8-9-7-10(16(19)20)4-5-11(9)17/h4-5,7,17H,2-3,6,8H2,1H3,(H2,14,15,22). The van der Waals surface area contributed by atoms with E-state index < -0.39 is 4.92 Å². The Hall–Kier alpha value is -2.42. The molecule has 1 rings (SSSR count). The van der Waals surface area contributed by atoms with Crippen LogP contribution < -0.4 is 10.6 Å². The number of nitro benzene ring substituents is 1. The van der Waals surface area contributed by atoms with Crippen LogP contribution in [0.2, 0.25) is 0 Å². The number of methoxy groups -OCH3 is 1. The molecule has 0 aliphatic rings. The molecule has 0 radical (unpaired) electrons. The lowest BCUT2D eigenvalue weighted by Crippen LogP contribution is -2.35. The van der Waals surface area contributed by atoms with Crippen LogP contribution in [-0.4, -0.2) is 34.8 Å². The first-order chi connectivity index (χ1) is 10.4. The molecule has 0 heterocycles. The number of benzene rings is 1. The molecule has 1 aromatic rings. The Balaban J connectivity index is 2.39. The van der Waals surface area contributed by atoms with Gasteiger partial charge in [0.25, 0.3) is 5.69 Å². The quantitative estimate of drug-likeness (QED) is 0.225. The summed E-state index contributed by atoms with van der Waals surface area (Å²) in [6.45, 7) is 0.637. The second-order valence-electron chi connectivity index (χ2n) is 4.36. The summed E-state index contributed by atoms with van der Waals surface area (Å²) in [6, 6.07) is 3.77. The van der Waals surface area contributed by atoms with E-state index in [-0.39, 0.29) is 30.4 Å². The number of phenolic OH excluding ortho intramolecular Hbond substituents is 1. The second kappa shape index (κ2) is 8.78. The third kappa shape index (κ3) is 5.92. The molecule has 0 aliphatic heterocycles. The molecule has 0 fully saturated rings. The third-order valence-electron chi connectivity index (χ3n) is 2.78. The average molecular weight is 327 g/mol. The molecule has 8 nitrogen and oxygen atoms in total. The topological polar surface area (TPSA) is 114 Å². The maximum Gasteiger partial charge on any atom is 0.305 e. The number of hydrogen-bond donors (Lipinski definition) is 3. The number of thiocarbonyl (C=S) groups is 1. The van der Waals surface area contributed by atoms with Crippen molar-refractivity contribution in [3.8, 4) is 5.75 Å². The number of aromatic hydroxyl groups is 1. The van der Waals surface area contributed by atoms with Gasteiger partial charge in [0.15, 0.2) is 5.11 Å². The van der Waals surface area contributed by atoms with Crippen LogP contribution in [0.5, 0.6) is 5.75 Å². The van der Waals surface area contributed by atoms with Crippen LogP contribution in [-0.2, 0) is 16.1 Å². The van der Waals surface area contributed by atoms with Crippen molar-refractivity contribution in [3.05, 3.63) is 33.9 Å². The highest BCUT2D eigenvalue weighted by molar-refractivity contribution is 7.80. The van der Waals surface area contributed by atoms with E-state index in [4.69, 9.17) is 12.2 Å². The first-order valence-corrected chi connectivity index (χ1v) is 6.89. The highest BCUT2D eigenvalue weighted by Gasteiger charge is 2.10. The van der Waals surface area contributed by atoms with Crippen LogP contribution in [0.3, 0.4) is 0 Å². The number of hydrogen-bond acceptors (Lipinski definition) is 6. The van der Waals surface area contributed by atoms with Gasteiger partial charge >= 0.3 is 5.97 Å². The largest absolute Gasteiger partial charge is 0.508 e. The molecule has 1 aromatic carbocycles. The van der Waals surface area contributed by atoms with Crippen LogP contribution in [0.1, 0.15) is 18.4 Å². The first kappa shape index (κ1) is 17.6. The van der Waals surface area contributed by atoms with Crippen LogP contribution >= 0.6 is 12.2 Å². The summed E-state index contributed by atoms with van der Waals surface area (Å²) in [5.74, 6) is -0.339. The van der Waals surface area contributed by atoms with Crippen molar-refractivity contribution in [3.63, 3.8) is 0 Å². The summed E-state index contributed by atoms with van der Waals surface area (Å²) in [4.78, 5) is 21.1. The molecule has 0 saturated carbocycles. The number of nitrogens with one attached hydrogen (secondary N) is 2. The van der Waals surface area contributed by atoms with Crippen molar-refractivity contribution in [2.45, 2.75) is 19.4 Å². The number of esters is 1. The van der Waals surface area contributed by atoms with Crippen molar-refractivity contribution in [1.29, 1.82) is 0 Å². The Morgan fingerprint density at radius 1 is 1.45 bits per heavy atom. The first-order valence-electron chi connectivity index (χ1n) is 6.49. The fraction of sp³-hybridized carbons (Fsp3) is 0.385. The fourth-order valence-corrected chi connectivity index (χ4v) is 1.78. The van der Waals surface area contributed by atoms with Crippen LogP contribution in [0, 0.1) is 10.1 Å². The zero-order valence-corrected chi connectivity index (χ0v) is 12.8. The van der Waals surface area contributed by atoms with Crippen LogP contribution in [0.4, 0.5) is 5.69 Å². The number of nitro groups is 1. The van der Waals surface area contributed by atoms with Gasteiger partial charge in [0, 0.05) is 37.2 Å². The van der Waals surface area contributed by atoms with Gasteiger partial charge in [0.1, 0.15) is 5.75 Å². The molecular formula is C13H17N3O5S. The highest BCUT2D eigenvalue weighted by atomic mass is 32.1. The number of ether oxygens (including phenoxy) is 1. The minimum Gasteiger partial charge on any atom is -0.508 e. The normalized spacial score (nSPS) is 9.86. The Bertz CT molecular complexity index is 565. The summed E-state index contributed by atoms with van der Waals surface area (Å²) < 4.78 is 4.51. The van der Waals surface area contributed by atoms with Gasteiger partial charge in [-0.3, -0.25) is 14.9 Å². The van der Waals surface area contributed by atoms with Gasteiger partial charge < -0.3 is 20.5 Å². The number of phenols is 1. The number of rotatable bonds is 7. The zero-order valence-electron chi connectivity index (χ0n) is 12.0. The number of nitrogens with zero attached hydrogens (tertiary/aromatic N) is 1. The van der Waals surface area contributed by atoms with Crippen molar-refractivity contribution in [2.24, 2.45) is 0 Å². The fourth-order valence-electron chi connectivity index (χ4n) is 1.60. The van der Waals surface area contributed by atoms with Gasteiger partial charge in [-0.1, -0.05) is 0 Å². The predicted molar refractivity (Wildman–Crippen MR) is 83.5 cm³/mol. The van der Waals surface area contributed by atoms with Gasteiger partial charge in [-0.05, 0) is 24.7 Å². The molecular weight excluding hydrogens is 310 g/mol. The number of carbonyl (C=O) groups is 1. The molecule has 0 aliphatic carbocycles. The smallest absolute Gasteiger partial charge is 0.305 e. The summed E-state index contributed by atoms with van der Waals surface area (Å²) in [5.41, 5.74) is 0.263. The Morgan fingerprint density at radius 3 is 2.82 bits per heavy atom. The minimum atomic E-state index is -0.535. The minimum absolute atomic E-state index is 0.0495. The van der Waals surface area contributed by atoms with Gasteiger partial charge in [0.2, 0.25) is 0 Å². The Kier molecular flexibility index (Phi) is 7.03. The molecule has 0 spiro atoms. The number of carbonyl (C=O) groups excluding carboxylic acids is 1.